The quantitative estimate of drug-likeness (QED) is 0.340. The Morgan fingerprint density at radius 1 is 1.00 bits per heavy atom. The predicted molar refractivity (Wildman–Crippen MR) is 42.1 cm³/mol. The van der Waals surface area contributed by atoms with Gasteiger partial charge in [-0.2, -0.15) is 43.3 Å². The van der Waals surface area contributed by atoms with Gasteiger partial charge in [-0.15, -0.1) is 0 Å². The van der Waals surface area contributed by atoms with Crippen LogP contribution in [-0.2, 0) is 0 Å². The van der Waals surface area contributed by atoms with Crippen molar-refractivity contribution in [3.63, 3.8) is 0 Å². The van der Waals surface area contributed by atoms with Gasteiger partial charge in [0.15, 0.2) is 0 Å². The first-order valence-electron chi connectivity index (χ1n) is 2.62. The number of hydrogen-bond donors (Lipinski definition) is 0. The van der Waals surface area contributed by atoms with Gasteiger partial charge in [0.1, 0.15) is 0 Å². The van der Waals surface area contributed by atoms with E-state index in [9.17, 15) is 0 Å². The van der Waals surface area contributed by atoms with Crippen molar-refractivity contribution in [3.8, 4) is 0 Å². The molecular formula is C8H10ClMg-. The molecule has 1 aromatic rings. The van der Waals surface area contributed by atoms with E-state index in [0.29, 0.717) is 0 Å². The first-order valence-corrected chi connectivity index (χ1v) is 2.62. The standard InChI is InChI=1S/C6H5.C2H5.ClH.Mg/c1-2-4-6-5-3-1;1-2;;/h1-5H;1H2,2H3;1H;/q2*-1;;+2/p-1. The Balaban J connectivity index is -0.000000114. The summed E-state index contributed by atoms with van der Waals surface area (Å²) in [6, 6.07) is 12.5. The van der Waals surface area contributed by atoms with Gasteiger partial charge in [0, 0.05) is 0 Å². The number of halogens is 1. The van der Waals surface area contributed by atoms with Crippen molar-refractivity contribution in [1.82, 2.24) is 0 Å². The van der Waals surface area contributed by atoms with Gasteiger partial charge in [0.05, 0.1) is 0 Å². The second-order valence-electron chi connectivity index (χ2n) is 1.08. The van der Waals surface area contributed by atoms with Crippen molar-refractivity contribution in [2.75, 3.05) is 0 Å². The summed E-state index contributed by atoms with van der Waals surface area (Å²) in [5.74, 6) is 0. The minimum atomic E-state index is 0. The second kappa shape index (κ2) is 16.1. The Hall–Kier alpha value is 0.276. The van der Waals surface area contributed by atoms with E-state index in [0.717, 1.165) is 0 Å². The monoisotopic (exact) mass is 165 g/mol. The summed E-state index contributed by atoms with van der Waals surface area (Å²) in [7, 11) is 0. The molecule has 0 aliphatic carbocycles. The van der Waals surface area contributed by atoms with Crippen molar-refractivity contribution < 1.29 is 12.4 Å². The van der Waals surface area contributed by atoms with Crippen molar-refractivity contribution >= 4 is 23.1 Å². The van der Waals surface area contributed by atoms with Crippen LogP contribution in [0, 0.1) is 13.0 Å². The minimum absolute atomic E-state index is 0. The van der Waals surface area contributed by atoms with Gasteiger partial charge in [-0.1, -0.05) is 0 Å². The average Bonchev–Trinajstić information content (AvgIpc) is 1.96. The van der Waals surface area contributed by atoms with Crippen LogP contribution in [0.3, 0.4) is 0 Å². The predicted octanol–water partition coefficient (Wildman–Crippen LogP) is -1.05. The van der Waals surface area contributed by atoms with Crippen LogP contribution in [0.2, 0.25) is 0 Å². The average molecular weight is 166 g/mol. The zero-order valence-electron chi connectivity index (χ0n) is 6.18. The Kier molecular flexibility index (Phi) is 26.9. The number of benzene rings is 1. The fourth-order valence-electron chi connectivity index (χ4n) is 0.342. The summed E-state index contributed by atoms with van der Waals surface area (Å²) in [5.41, 5.74) is 0. The van der Waals surface area contributed by atoms with Gasteiger partial charge in [-0.05, 0) is 0 Å². The first-order chi connectivity index (χ1) is 4.00. The fraction of sp³-hybridized carbons (Fsp3) is 0.125. The molecule has 0 aliphatic heterocycles. The molecule has 0 bridgehead atoms. The van der Waals surface area contributed by atoms with E-state index >= 15 is 0 Å². The molecule has 0 saturated carbocycles. The Bertz CT molecular complexity index is 81.2. The van der Waals surface area contributed by atoms with E-state index in [4.69, 9.17) is 0 Å². The van der Waals surface area contributed by atoms with Crippen LogP contribution in [-0.4, -0.2) is 23.1 Å². The Morgan fingerprint density at radius 2 is 1.40 bits per heavy atom. The van der Waals surface area contributed by atoms with Crippen LogP contribution in [0.4, 0.5) is 0 Å². The summed E-state index contributed by atoms with van der Waals surface area (Å²) >= 11 is 0. The first kappa shape index (κ1) is 16.7. The second-order valence-corrected chi connectivity index (χ2v) is 1.08. The van der Waals surface area contributed by atoms with Gasteiger partial charge >= 0.3 is 23.1 Å². The zero-order chi connectivity index (χ0) is 6.24. The molecule has 1 aromatic carbocycles. The van der Waals surface area contributed by atoms with E-state index < -0.39 is 0 Å². The summed E-state index contributed by atoms with van der Waals surface area (Å²) in [5, 5.41) is 0. The van der Waals surface area contributed by atoms with E-state index in [2.05, 4.69) is 13.0 Å². The molecule has 0 saturated heterocycles. The van der Waals surface area contributed by atoms with Gasteiger partial charge in [0.2, 0.25) is 0 Å². The van der Waals surface area contributed by atoms with Crippen molar-refractivity contribution in [3.05, 3.63) is 43.3 Å². The molecule has 1 rings (SSSR count). The smallest absolute Gasteiger partial charge is 1.00 e. The van der Waals surface area contributed by atoms with Gasteiger partial charge in [0.25, 0.3) is 0 Å². The van der Waals surface area contributed by atoms with Crippen molar-refractivity contribution in [2.24, 2.45) is 0 Å². The van der Waals surface area contributed by atoms with Gasteiger partial charge in [-0.25, -0.2) is 0 Å². The molecule has 0 spiro atoms. The third-order valence-electron chi connectivity index (χ3n) is 0.607. The van der Waals surface area contributed by atoms with Crippen LogP contribution in [0.25, 0.3) is 0 Å². The van der Waals surface area contributed by atoms with E-state index in [1.54, 1.807) is 6.92 Å². The molecule has 0 aliphatic rings. The molecule has 0 N–H and O–H groups in total. The van der Waals surface area contributed by atoms with E-state index in [1.807, 2.05) is 30.3 Å². The zero-order valence-corrected chi connectivity index (χ0v) is 8.35. The summed E-state index contributed by atoms with van der Waals surface area (Å²) in [6.45, 7) is 5.00. The molecule has 52 valence electrons. The van der Waals surface area contributed by atoms with Crippen LogP contribution in [0.15, 0.2) is 30.3 Å². The Morgan fingerprint density at radius 3 is 1.50 bits per heavy atom. The Labute approximate surface area is 85.6 Å². The third-order valence-corrected chi connectivity index (χ3v) is 0.607. The molecule has 0 aromatic heterocycles. The van der Waals surface area contributed by atoms with Crippen LogP contribution < -0.4 is 12.4 Å². The fourth-order valence-corrected chi connectivity index (χ4v) is 0.342. The normalized spacial score (nSPS) is 5.40. The largest absolute Gasteiger partial charge is 2.00 e. The van der Waals surface area contributed by atoms with E-state index in [-0.39, 0.29) is 35.5 Å². The molecule has 0 radical (unpaired) electrons. The molecule has 0 atom stereocenters. The molecule has 0 heterocycles. The molecule has 0 amide bonds. The maximum absolute atomic E-state index is 3.25. The van der Waals surface area contributed by atoms with Gasteiger partial charge in [-0.3, -0.25) is 0 Å². The van der Waals surface area contributed by atoms with Crippen LogP contribution >= 0.6 is 0 Å². The third kappa shape index (κ3) is 11.1. The van der Waals surface area contributed by atoms with Crippen molar-refractivity contribution in [2.45, 2.75) is 6.92 Å². The van der Waals surface area contributed by atoms with Crippen LogP contribution in [0.5, 0.6) is 0 Å². The van der Waals surface area contributed by atoms with E-state index in [1.165, 1.54) is 0 Å². The maximum Gasteiger partial charge on any atom is 2.00 e. The minimum Gasteiger partial charge on any atom is -1.00 e. The topological polar surface area (TPSA) is 0 Å². The molecule has 10 heavy (non-hydrogen) atoms. The summed E-state index contributed by atoms with van der Waals surface area (Å²) in [4.78, 5) is 0. The van der Waals surface area contributed by atoms with Gasteiger partial charge < -0.3 is 19.3 Å². The molecular weight excluding hydrogens is 156 g/mol. The molecule has 2 heteroatoms. The molecule has 0 unspecified atom stereocenters. The summed E-state index contributed by atoms with van der Waals surface area (Å²) in [6.07, 6.45) is 0. The molecule has 0 nitrogen and oxygen atoms in total. The summed E-state index contributed by atoms with van der Waals surface area (Å²) < 4.78 is 0. The SMILES string of the molecule is [CH2-]C.[Cl-].[Mg+2].[c-]1ccccc1. The van der Waals surface area contributed by atoms with Crippen LogP contribution in [0.1, 0.15) is 6.92 Å². The van der Waals surface area contributed by atoms with Crippen molar-refractivity contribution in [1.29, 1.82) is 0 Å². The maximum atomic E-state index is 3.25. The number of rotatable bonds is 0. The number of hydrogen-bond acceptors (Lipinski definition) is 0. The molecule has 0 fully saturated rings.